The minimum atomic E-state index is -0.335. The maximum atomic E-state index is 9.29. The van der Waals surface area contributed by atoms with Crippen LogP contribution >= 0.6 is 0 Å². The standard InChI is InChI=1S/C52H42N4O/c1-52(2,3)38-30-31-53-50(32-38)56-46-25-11-10-22-44(46)45-29-28-41(34-49(45)56)57-40-21-14-20-39(33-40)54-35-55(48-27-13-12-26-47(48)54)51-42(36-16-6-4-7-17-36)23-15-24-43(51)37-18-8-5-9-19-37/h4-34H,35H2,1-3H3/i10D,11D,14D,15D,22D,23D,24D,25D. The van der Waals surface area contributed by atoms with Crippen LogP contribution in [0.25, 0.3) is 49.9 Å². The van der Waals surface area contributed by atoms with Gasteiger partial charge < -0.3 is 14.5 Å². The predicted octanol–water partition coefficient (Wildman–Crippen LogP) is 13.8. The minimum Gasteiger partial charge on any atom is -0.457 e. The van der Waals surface area contributed by atoms with Gasteiger partial charge in [-0.2, -0.15) is 0 Å². The highest BCUT2D eigenvalue weighted by Crippen LogP contribution is 2.50. The van der Waals surface area contributed by atoms with E-state index in [2.05, 4.69) is 30.6 Å². The van der Waals surface area contributed by atoms with E-state index in [1.807, 2.05) is 103 Å². The number of anilines is 4. The van der Waals surface area contributed by atoms with Crippen molar-refractivity contribution in [1.82, 2.24) is 9.55 Å². The Bertz CT molecular complexity index is 3300. The Morgan fingerprint density at radius 3 is 1.96 bits per heavy atom. The van der Waals surface area contributed by atoms with Crippen LogP contribution in [0.2, 0.25) is 0 Å². The molecule has 10 rings (SSSR count). The van der Waals surface area contributed by atoms with Crippen LogP contribution in [-0.2, 0) is 5.41 Å². The number of aromatic nitrogens is 2. The van der Waals surface area contributed by atoms with Gasteiger partial charge in [0, 0.05) is 45.9 Å². The summed E-state index contributed by atoms with van der Waals surface area (Å²) in [5.41, 5.74) is 7.25. The van der Waals surface area contributed by atoms with Crippen molar-refractivity contribution in [3.05, 3.63) is 194 Å². The van der Waals surface area contributed by atoms with Crippen LogP contribution in [0.3, 0.4) is 0 Å². The van der Waals surface area contributed by atoms with Crippen LogP contribution < -0.4 is 14.5 Å². The van der Waals surface area contributed by atoms with Gasteiger partial charge in [0.25, 0.3) is 0 Å². The van der Waals surface area contributed by atoms with Gasteiger partial charge in [0.1, 0.15) is 24.0 Å². The molecule has 1 aliphatic rings. The fraction of sp³-hybridized carbons (Fsp3) is 0.0962. The molecule has 0 aliphatic carbocycles. The first kappa shape index (κ1) is 26.7. The van der Waals surface area contributed by atoms with Crippen molar-refractivity contribution in [3.63, 3.8) is 0 Å². The number of hydrogen-bond acceptors (Lipinski definition) is 4. The van der Waals surface area contributed by atoms with E-state index < -0.39 is 0 Å². The molecular weight excluding hydrogens is 697 g/mol. The molecule has 0 amide bonds. The summed E-state index contributed by atoms with van der Waals surface area (Å²) in [6, 6.07) is 40.6. The molecule has 0 fully saturated rings. The predicted molar refractivity (Wildman–Crippen MR) is 237 cm³/mol. The molecule has 0 N–H and O–H groups in total. The number of para-hydroxylation sites is 4. The molecule has 0 saturated heterocycles. The Balaban J connectivity index is 1.10. The van der Waals surface area contributed by atoms with Crippen molar-refractivity contribution >= 4 is 44.6 Å². The highest BCUT2D eigenvalue weighted by molar-refractivity contribution is 6.09. The number of benzene rings is 7. The summed E-state index contributed by atoms with van der Waals surface area (Å²) in [6.07, 6.45) is 1.71. The maximum absolute atomic E-state index is 9.29. The number of rotatable bonds is 7. The van der Waals surface area contributed by atoms with Gasteiger partial charge in [0.15, 0.2) is 0 Å². The molecule has 0 bridgehead atoms. The second kappa shape index (κ2) is 13.9. The summed E-state index contributed by atoms with van der Waals surface area (Å²) in [6.45, 7) is 6.56. The van der Waals surface area contributed by atoms with E-state index in [0.717, 1.165) is 28.1 Å². The van der Waals surface area contributed by atoms with E-state index in [1.54, 1.807) is 41.1 Å². The molecule has 0 unspecified atom stereocenters. The molecule has 2 aromatic heterocycles. The number of pyridine rings is 1. The zero-order valence-corrected chi connectivity index (χ0v) is 31.7. The fourth-order valence-electron chi connectivity index (χ4n) is 7.72. The first-order chi connectivity index (χ1) is 31.2. The average molecular weight is 747 g/mol. The molecule has 5 heteroatoms. The van der Waals surface area contributed by atoms with Gasteiger partial charge in [-0.15, -0.1) is 0 Å². The number of fused-ring (bicyclic) bond motifs is 4. The second-order valence-electron chi connectivity index (χ2n) is 15.1. The van der Waals surface area contributed by atoms with Gasteiger partial charge in [0.2, 0.25) is 0 Å². The van der Waals surface area contributed by atoms with E-state index >= 15 is 0 Å². The molecule has 57 heavy (non-hydrogen) atoms. The van der Waals surface area contributed by atoms with Gasteiger partial charge in [0.05, 0.1) is 39.1 Å². The van der Waals surface area contributed by atoms with Crippen LogP contribution in [0.15, 0.2) is 188 Å². The van der Waals surface area contributed by atoms with Gasteiger partial charge in [-0.3, -0.25) is 4.57 Å². The van der Waals surface area contributed by atoms with Crippen molar-refractivity contribution in [2.75, 3.05) is 16.5 Å². The number of hydrogen-bond donors (Lipinski definition) is 0. The smallest absolute Gasteiger partial charge is 0.137 e. The van der Waals surface area contributed by atoms with Gasteiger partial charge in [-0.05, 0) is 76.7 Å². The Hall–Kier alpha value is -7.11. The lowest BCUT2D eigenvalue weighted by Gasteiger charge is -2.27. The average Bonchev–Trinajstić information content (AvgIpc) is 3.86. The Morgan fingerprint density at radius 2 is 1.25 bits per heavy atom. The first-order valence-electron chi connectivity index (χ1n) is 22.9. The van der Waals surface area contributed by atoms with E-state index in [0.29, 0.717) is 61.6 Å². The lowest BCUT2D eigenvalue weighted by molar-refractivity contribution is 0.483. The van der Waals surface area contributed by atoms with E-state index in [1.165, 1.54) is 0 Å². The third-order valence-corrected chi connectivity index (χ3v) is 10.5. The summed E-state index contributed by atoms with van der Waals surface area (Å²) < 4.78 is 80.0. The van der Waals surface area contributed by atoms with Gasteiger partial charge in [-0.1, -0.05) is 136 Å². The van der Waals surface area contributed by atoms with Crippen molar-refractivity contribution in [3.8, 4) is 39.6 Å². The van der Waals surface area contributed by atoms with E-state index in [9.17, 15) is 2.74 Å². The van der Waals surface area contributed by atoms with Gasteiger partial charge in [-0.25, -0.2) is 4.98 Å². The molecule has 0 atom stereocenters. The summed E-state index contributed by atoms with van der Waals surface area (Å²) in [7, 11) is 0. The van der Waals surface area contributed by atoms with Crippen LogP contribution in [0.4, 0.5) is 22.7 Å². The van der Waals surface area contributed by atoms with Crippen molar-refractivity contribution < 1.29 is 15.7 Å². The second-order valence-corrected chi connectivity index (χ2v) is 15.1. The summed E-state index contributed by atoms with van der Waals surface area (Å²) in [5, 5.41) is 0.993. The lowest BCUT2D eigenvalue weighted by Crippen LogP contribution is -2.24. The van der Waals surface area contributed by atoms with Crippen molar-refractivity contribution in [2.45, 2.75) is 26.2 Å². The zero-order valence-electron chi connectivity index (χ0n) is 39.7. The molecule has 7 aromatic carbocycles. The molecule has 9 aromatic rings. The SMILES string of the molecule is [2H]c1cc(Oc2ccc3c4c([2H])c([2H])c([2H])c([2H])c4n(-c4cc(C(C)(C)C)ccn4)c3c2)cc(N2CN(c3c(-c4ccccc4)c([2H])c([2H])c([2H])c3-c3ccccc3)c3ccccc32)c1. The van der Waals surface area contributed by atoms with Crippen LogP contribution in [0, 0.1) is 0 Å². The Morgan fingerprint density at radius 1 is 0.579 bits per heavy atom. The zero-order chi connectivity index (χ0) is 45.5. The highest BCUT2D eigenvalue weighted by Gasteiger charge is 2.31. The minimum absolute atomic E-state index is 0.0393. The quantitative estimate of drug-likeness (QED) is 0.163. The van der Waals surface area contributed by atoms with E-state index in [-0.39, 0.29) is 60.4 Å². The normalized spacial score (nSPS) is 14.6. The molecule has 0 spiro atoms. The molecule has 276 valence electrons. The maximum Gasteiger partial charge on any atom is 0.137 e. The third kappa shape index (κ3) is 6.18. The Labute approximate surface area is 344 Å². The number of ether oxygens (including phenoxy) is 1. The highest BCUT2D eigenvalue weighted by atomic mass is 16.5. The summed E-state index contributed by atoms with van der Waals surface area (Å²) in [4.78, 5) is 8.87. The molecule has 0 radical (unpaired) electrons. The molecular formula is C52H42N4O. The molecule has 5 nitrogen and oxygen atoms in total. The molecule has 1 aliphatic heterocycles. The number of nitrogens with zero attached hydrogens (tertiary/aromatic N) is 4. The first-order valence-corrected chi connectivity index (χ1v) is 18.9. The summed E-state index contributed by atoms with van der Waals surface area (Å²) in [5.74, 6) is 1.31. The fourth-order valence-corrected chi connectivity index (χ4v) is 7.72. The van der Waals surface area contributed by atoms with Crippen molar-refractivity contribution in [1.29, 1.82) is 0 Å². The summed E-state index contributed by atoms with van der Waals surface area (Å²) >= 11 is 0. The third-order valence-electron chi connectivity index (χ3n) is 10.5. The van der Waals surface area contributed by atoms with E-state index in [4.69, 9.17) is 17.9 Å². The van der Waals surface area contributed by atoms with Crippen LogP contribution in [0.5, 0.6) is 11.5 Å². The van der Waals surface area contributed by atoms with Gasteiger partial charge >= 0.3 is 0 Å². The lowest BCUT2D eigenvalue weighted by atomic mass is 9.88. The van der Waals surface area contributed by atoms with Crippen LogP contribution in [0.1, 0.15) is 37.3 Å². The largest absolute Gasteiger partial charge is 0.457 e. The van der Waals surface area contributed by atoms with Crippen molar-refractivity contribution in [2.24, 2.45) is 0 Å². The molecule has 3 heterocycles. The Kier molecular flexibility index (Phi) is 6.49. The monoisotopic (exact) mass is 746 g/mol. The molecule has 0 saturated carbocycles. The topological polar surface area (TPSA) is 33.5 Å². The van der Waals surface area contributed by atoms with Crippen LogP contribution in [-0.4, -0.2) is 16.2 Å².